The number of phenolic OH excluding ortho intramolecular Hbond substituents is 1. The van der Waals surface area contributed by atoms with E-state index in [0.717, 1.165) is 31.6 Å². The maximum Gasteiger partial charge on any atom is 0.227 e. The van der Waals surface area contributed by atoms with Gasteiger partial charge in [0.15, 0.2) is 0 Å². The van der Waals surface area contributed by atoms with Crippen molar-refractivity contribution >= 4 is 22.4 Å². The Bertz CT molecular complexity index is 955. The zero-order valence-electron chi connectivity index (χ0n) is 16.1. The van der Waals surface area contributed by atoms with Gasteiger partial charge < -0.3 is 10.4 Å². The molecule has 0 radical (unpaired) electrons. The fraction of sp³-hybridized carbons (Fsp3) is 0.292. The van der Waals surface area contributed by atoms with Crippen LogP contribution in [0, 0.1) is 5.92 Å². The molecule has 0 spiro atoms. The average Bonchev–Trinajstić information content (AvgIpc) is 2.74. The Balaban J connectivity index is 1.39. The Labute approximate surface area is 165 Å². The SMILES string of the molecule is CC(c1cccc2ccccc12)N1CCC(C(=O)Nc2ccc(O)cc2)CC1. The number of carbonyl (C=O) groups excluding carboxylic acids is 1. The van der Waals surface area contributed by atoms with E-state index in [9.17, 15) is 9.90 Å². The van der Waals surface area contributed by atoms with E-state index < -0.39 is 0 Å². The van der Waals surface area contributed by atoms with Gasteiger partial charge in [0.25, 0.3) is 0 Å². The molecule has 3 aromatic carbocycles. The molecule has 2 N–H and O–H groups in total. The second-order valence-electron chi connectivity index (χ2n) is 7.59. The Morgan fingerprint density at radius 3 is 2.43 bits per heavy atom. The Morgan fingerprint density at radius 1 is 1.00 bits per heavy atom. The first-order chi connectivity index (χ1) is 13.6. The normalized spacial score (nSPS) is 16.8. The molecule has 0 bridgehead atoms. The average molecular weight is 374 g/mol. The number of aromatic hydroxyl groups is 1. The van der Waals surface area contributed by atoms with Gasteiger partial charge in [0.2, 0.25) is 5.91 Å². The molecule has 1 aliphatic heterocycles. The third kappa shape index (κ3) is 3.87. The molecule has 144 valence electrons. The zero-order valence-corrected chi connectivity index (χ0v) is 16.1. The molecule has 1 heterocycles. The molecule has 28 heavy (non-hydrogen) atoms. The first-order valence-corrected chi connectivity index (χ1v) is 9.93. The summed E-state index contributed by atoms with van der Waals surface area (Å²) in [7, 11) is 0. The number of hydrogen-bond acceptors (Lipinski definition) is 3. The first kappa shape index (κ1) is 18.5. The van der Waals surface area contributed by atoms with E-state index in [-0.39, 0.29) is 17.6 Å². The third-order valence-corrected chi connectivity index (χ3v) is 5.86. The summed E-state index contributed by atoms with van der Waals surface area (Å²) in [6, 6.07) is 22.0. The Hall–Kier alpha value is -2.85. The molecule has 1 atom stereocenters. The number of phenols is 1. The zero-order chi connectivity index (χ0) is 19.5. The van der Waals surface area contributed by atoms with Gasteiger partial charge >= 0.3 is 0 Å². The number of carbonyl (C=O) groups is 1. The van der Waals surface area contributed by atoms with Crippen molar-refractivity contribution in [3.63, 3.8) is 0 Å². The van der Waals surface area contributed by atoms with Crippen molar-refractivity contribution in [2.75, 3.05) is 18.4 Å². The summed E-state index contributed by atoms with van der Waals surface area (Å²) in [5.74, 6) is 0.307. The minimum Gasteiger partial charge on any atom is -0.508 e. The number of amides is 1. The van der Waals surface area contributed by atoms with Gasteiger partial charge in [-0.1, -0.05) is 42.5 Å². The molecule has 0 saturated carbocycles. The van der Waals surface area contributed by atoms with Crippen LogP contribution in [0.3, 0.4) is 0 Å². The van der Waals surface area contributed by atoms with Gasteiger partial charge in [-0.15, -0.1) is 0 Å². The largest absolute Gasteiger partial charge is 0.508 e. The van der Waals surface area contributed by atoms with Gasteiger partial charge in [-0.3, -0.25) is 9.69 Å². The molecule has 1 fully saturated rings. The van der Waals surface area contributed by atoms with Crippen molar-refractivity contribution in [3.8, 4) is 5.75 Å². The monoisotopic (exact) mass is 374 g/mol. The van der Waals surface area contributed by atoms with Crippen molar-refractivity contribution in [1.29, 1.82) is 0 Å². The summed E-state index contributed by atoms with van der Waals surface area (Å²) in [6.07, 6.45) is 1.72. The van der Waals surface area contributed by atoms with Crippen LogP contribution in [-0.2, 0) is 4.79 Å². The predicted molar refractivity (Wildman–Crippen MR) is 113 cm³/mol. The Kier molecular flexibility index (Phi) is 5.31. The van der Waals surface area contributed by atoms with Crippen LogP contribution < -0.4 is 5.32 Å². The highest BCUT2D eigenvalue weighted by molar-refractivity contribution is 5.92. The number of nitrogens with zero attached hydrogens (tertiary/aromatic N) is 1. The van der Waals surface area contributed by atoms with E-state index in [2.05, 4.69) is 59.6 Å². The lowest BCUT2D eigenvalue weighted by Crippen LogP contribution is -2.39. The first-order valence-electron chi connectivity index (χ1n) is 9.93. The summed E-state index contributed by atoms with van der Waals surface area (Å²) in [5.41, 5.74) is 2.08. The lowest BCUT2D eigenvalue weighted by atomic mass is 9.92. The Morgan fingerprint density at radius 2 is 1.68 bits per heavy atom. The van der Waals surface area contributed by atoms with Gasteiger partial charge in [0.05, 0.1) is 0 Å². The van der Waals surface area contributed by atoms with Gasteiger partial charge in [0.1, 0.15) is 5.75 Å². The summed E-state index contributed by atoms with van der Waals surface area (Å²) in [6.45, 7) is 4.09. The molecular weight excluding hydrogens is 348 g/mol. The number of nitrogens with one attached hydrogen (secondary N) is 1. The maximum absolute atomic E-state index is 12.6. The minimum absolute atomic E-state index is 0.0322. The van der Waals surface area contributed by atoms with Crippen LogP contribution >= 0.6 is 0 Å². The molecule has 1 amide bonds. The molecule has 4 rings (SSSR count). The lowest BCUT2D eigenvalue weighted by molar-refractivity contribution is -0.121. The number of likely N-dealkylation sites (tertiary alicyclic amines) is 1. The van der Waals surface area contributed by atoms with E-state index in [1.165, 1.54) is 16.3 Å². The van der Waals surface area contributed by atoms with E-state index in [1.54, 1.807) is 24.3 Å². The van der Waals surface area contributed by atoms with Crippen LogP contribution in [0.15, 0.2) is 66.7 Å². The van der Waals surface area contributed by atoms with Crippen LogP contribution in [0.4, 0.5) is 5.69 Å². The van der Waals surface area contributed by atoms with Crippen LogP contribution in [0.25, 0.3) is 10.8 Å². The second kappa shape index (κ2) is 8.03. The van der Waals surface area contributed by atoms with Gasteiger partial charge in [-0.2, -0.15) is 0 Å². The third-order valence-electron chi connectivity index (χ3n) is 5.86. The molecular formula is C24H26N2O2. The predicted octanol–water partition coefficient (Wildman–Crippen LogP) is 4.96. The standard InChI is InChI=1S/C24H26N2O2/c1-17(22-8-4-6-18-5-2-3-7-23(18)22)26-15-13-19(14-16-26)24(28)25-20-9-11-21(27)12-10-20/h2-12,17,19,27H,13-16H2,1H3,(H,25,28). The summed E-state index contributed by atoms with van der Waals surface area (Å²) in [4.78, 5) is 15.1. The number of fused-ring (bicyclic) bond motifs is 1. The highest BCUT2D eigenvalue weighted by Gasteiger charge is 2.28. The molecule has 0 aromatic heterocycles. The van der Waals surface area contributed by atoms with Gasteiger partial charge in [-0.25, -0.2) is 0 Å². The minimum atomic E-state index is 0.0322. The summed E-state index contributed by atoms with van der Waals surface area (Å²) >= 11 is 0. The number of anilines is 1. The van der Waals surface area contributed by atoms with Crippen LogP contribution in [0.2, 0.25) is 0 Å². The highest BCUT2D eigenvalue weighted by Crippen LogP contribution is 2.31. The van der Waals surface area contributed by atoms with Crippen LogP contribution in [0.5, 0.6) is 5.75 Å². The molecule has 3 aromatic rings. The van der Waals surface area contributed by atoms with E-state index in [1.807, 2.05) is 0 Å². The van der Waals surface area contributed by atoms with Crippen molar-refractivity contribution < 1.29 is 9.90 Å². The van der Waals surface area contributed by atoms with Crippen molar-refractivity contribution in [1.82, 2.24) is 4.90 Å². The number of piperidine rings is 1. The van der Waals surface area contributed by atoms with E-state index in [0.29, 0.717) is 6.04 Å². The fourth-order valence-electron chi connectivity index (χ4n) is 4.15. The second-order valence-corrected chi connectivity index (χ2v) is 7.59. The smallest absolute Gasteiger partial charge is 0.227 e. The van der Waals surface area contributed by atoms with Crippen LogP contribution in [0.1, 0.15) is 31.4 Å². The summed E-state index contributed by atoms with van der Waals surface area (Å²) < 4.78 is 0. The van der Waals surface area contributed by atoms with E-state index >= 15 is 0 Å². The number of rotatable bonds is 4. The van der Waals surface area contributed by atoms with Crippen molar-refractivity contribution in [2.45, 2.75) is 25.8 Å². The van der Waals surface area contributed by atoms with Crippen LogP contribution in [-0.4, -0.2) is 29.0 Å². The van der Waals surface area contributed by atoms with Crippen molar-refractivity contribution in [3.05, 3.63) is 72.3 Å². The number of benzene rings is 3. The topological polar surface area (TPSA) is 52.6 Å². The maximum atomic E-state index is 12.6. The number of hydrogen-bond donors (Lipinski definition) is 2. The molecule has 4 heteroatoms. The van der Waals surface area contributed by atoms with Gasteiger partial charge in [0, 0.05) is 17.6 Å². The molecule has 1 aliphatic rings. The van der Waals surface area contributed by atoms with Crippen molar-refractivity contribution in [2.24, 2.45) is 5.92 Å². The molecule has 1 saturated heterocycles. The quantitative estimate of drug-likeness (QED) is 0.635. The molecule has 1 unspecified atom stereocenters. The highest BCUT2D eigenvalue weighted by atomic mass is 16.3. The fourth-order valence-corrected chi connectivity index (χ4v) is 4.15. The lowest BCUT2D eigenvalue weighted by Gasteiger charge is -2.36. The summed E-state index contributed by atoms with van der Waals surface area (Å²) in [5, 5.41) is 14.9. The molecule has 0 aliphatic carbocycles. The van der Waals surface area contributed by atoms with E-state index in [4.69, 9.17) is 0 Å². The molecule has 4 nitrogen and oxygen atoms in total. The van der Waals surface area contributed by atoms with Gasteiger partial charge in [-0.05, 0) is 73.5 Å².